The fraction of sp³-hybridized carbons (Fsp3) is 0.464. The van der Waals surface area contributed by atoms with E-state index in [9.17, 15) is 55.9 Å². The van der Waals surface area contributed by atoms with Crippen molar-refractivity contribution in [2.75, 3.05) is 20.3 Å². The fourth-order valence-electron chi connectivity index (χ4n) is 5.02. The van der Waals surface area contributed by atoms with Gasteiger partial charge in [-0.1, -0.05) is 0 Å². The Morgan fingerprint density at radius 1 is 0.733 bits per heavy atom. The van der Waals surface area contributed by atoms with Crippen LogP contribution in [-0.2, 0) is 9.47 Å². The number of ether oxygens (including phenoxy) is 5. The number of rotatable bonds is 8. The molecule has 0 radical (unpaired) electrons. The Bertz CT molecular complexity index is 1570. The average molecular weight is 641 g/mol. The van der Waals surface area contributed by atoms with Gasteiger partial charge >= 0.3 is 0 Å². The van der Waals surface area contributed by atoms with Crippen molar-refractivity contribution < 1.29 is 79.2 Å². The number of hydrogen-bond donors (Lipinski definition) is 10. The maximum atomic E-state index is 13.8. The molecular weight excluding hydrogens is 608 g/mol. The summed E-state index contributed by atoms with van der Waals surface area (Å²) >= 11 is 0. The Morgan fingerprint density at radius 2 is 1.31 bits per heavy atom. The number of aromatic hydroxyl groups is 2. The number of methoxy groups -OCH3 is 1. The molecule has 0 bridgehead atoms. The highest BCUT2D eigenvalue weighted by Gasteiger charge is 2.46. The molecule has 2 aromatic carbocycles. The molecule has 2 aliphatic heterocycles. The van der Waals surface area contributed by atoms with E-state index in [2.05, 4.69) is 0 Å². The Balaban J connectivity index is 1.61. The maximum Gasteiger partial charge on any atom is 0.239 e. The minimum Gasteiger partial charge on any atom is -0.507 e. The molecule has 0 spiro atoms. The van der Waals surface area contributed by atoms with Gasteiger partial charge < -0.3 is 79.2 Å². The van der Waals surface area contributed by atoms with E-state index < -0.39 is 96.9 Å². The number of phenols is 2. The Kier molecular flexibility index (Phi) is 9.38. The highest BCUT2D eigenvalue weighted by molar-refractivity contribution is 5.88. The van der Waals surface area contributed by atoms with Gasteiger partial charge in [-0.15, -0.1) is 0 Å². The number of aliphatic hydroxyl groups is 8. The van der Waals surface area contributed by atoms with Crippen LogP contribution in [0.1, 0.15) is 0 Å². The number of benzene rings is 2. The summed E-state index contributed by atoms with van der Waals surface area (Å²) in [5.74, 6) is -2.30. The van der Waals surface area contributed by atoms with Crippen LogP contribution in [0, 0.1) is 0 Å². The van der Waals surface area contributed by atoms with Crippen LogP contribution in [0.3, 0.4) is 0 Å². The van der Waals surface area contributed by atoms with Crippen molar-refractivity contribution in [3.8, 4) is 40.1 Å². The van der Waals surface area contributed by atoms with E-state index in [0.717, 1.165) is 12.1 Å². The van der Waals surface area contributed by atoms with E-state index in [1.54, 1.807) is 0 Å². The highest BCUT2D eigenvalue weighted by Crippen LogP contribution is 2.40. The first-order chi connectivity index (χ1) is 21.4. The van der Waals surface area contributed by atoms with Gasteiger partial charge in [-0.2, -0.15) is 0 Å². The lowest BCUT2D eigenvalue weighted by atomic mass is 9.99. The molecule has 246 valence electrons. The number of aliphatic hydroxyl groups excluding tert-OH is 8. The van der Waals surface area contributed by atoms with Crippen molar-refractivity contribution in [2.45, 2.75) is 61.4 Å². The second kappa shape index (κ2) is 12.9. The summed E-state index contributed by atoms with van der Waals surface area (Å²) in [5, 5.41) is 101. The molecule has 45 heavy (non-hydrogen) atoms. The summed E-state index contributed by atoms with van der Waals surface area (Å²) in [6.45, 7) is -1.50. The second-order valence-corrected chi connectivity index (χ2v) is 10.4. The molecule has 0 saturated carbocycles. The molecule has 3 aromatic rings. The number of hydrogen-bond acceptors (Lipinski definition) is 17. The fourth-order valence-corrected chi connectivity index (χ4v) is 5.02. The van der Waals surface area contributed by atoms with Gasteiger partial charge in [0.15, 0.2) is 17.3 Å². The van der Waals surface area contributed by atoms with E-state index in [-0.39, 0.29) is 34.2 Å². The summed E-state index contributed by atoms with van der Waals surface area (Å²) in [7, 11) is 1.27. The van der Waals surface area contributed by atoms with Crippen molar-refractivity contribution in [2.24, 2.45) is 0 Å². The molecule has 2 fully saturated rings. The van der Waals surface area contributed by atoms with Crippen LogP contribution >= 0.6 is 0 Å². The minimum absolute atomic E-state index is 0.0448. The van der Waals surface area contributed by atoms with E-state index >= 15 is 0 Å². The van der Waals surface area contributed by atoms with Crippen LogP contribution in [0.15, 0.2) is 39.5 Å². The zero-order chi connectivity index (χ0) is 32.7. The van der Waals surface area contributed by atoms with Crippen LogP contribution in [0.4, 0.5) is 0 Å². The lowest BCUT2D eigenvalue weighted by molar-refractivity contribution is -0.277. The van der Waals surface area contributed by atoms with E-state index in [1.807, 2.05) is 0 Å². The second-order valence-electron chi connectivity index (χ2n) is 10.4. The molecule has 5 unspecified atom stereocenters. The van der Waals surface area contributed by atoms with Crippen LogP contribution in [0.25, 0.3) is 22.3 Å². The quantitative estimate of drug-likeness (QED) is 0.119. The highest BCUT2D eigenvalue weighted by atomic mass is 16.7. The van der Waals surface area contributed by atoms with Gasteiger partial charge in [0, 0.05) is 17.7 Å². The summed E-state index contributed by atoms with van der Waals surface area (Å²) in [6.07, 6.45) is -16.8. The monoisotopic (exact) mass is 640 g/mol. The maximum absolute atomic E-state index is 13.8. The molecule has 17 nitrogen and oxygen atoms in total. The molecule has 1 aromatic heterocycles. The molecule has 0 amide bonds. The van der Waals surface area contributed by atoms with Crippen LogP contribution < -0.4 is 19.6 Å². The first-order valence-corrected chi connectivity index (χ1v) is 13.6. The molecule has 3 heterocycles. The summed E-state index contributed by atoms with van der Waals surface area (Å²) in [6, 6.07) is 5.87. The third-order valence-corrected chi connectivity index (χ3v) is 7.53. The van der Waals surface area contributed by atoms with Gasteiger partial charge in [0.05, 0.1) is 20.3 Å². The van der Waals surface area contributed by atoms with Gasteiger partial charge in [-0.3, -0.25) is 4.79 Å². The SMILES string of the molecule is COc1cc(-c2oc3cc(O[C@@H]4OC(CO)[C@@H](O)[C@H](O)C4O)cc(O)c3c(=O)c2O[C@H]2OC(CO)[C@H](O)C(O)C2O)ccc1O. The molecule has 10 N–H and O–H groups in total. The molecule has 5 rings (SSSR count). The van der Waals surface area contributed by atoms with Gasteiger partial charge in [-0.25, -0.2) is 0 Å². The van der Waals surface area contributed by atoms with Crippen LogP contribution in [0.5, 0.6) is 28.7 Å². The van der Waals surface area contributed by atoms with Gasteiger partial charge in [0.1, 0.15) is 71.3 Å². The molecule has 2 aliphatic rings. The van der Waals surface area contributed by atoms with Crippen molar-refractivity contribution in [1.82, 2.24) is 0 Å². The van der Waals surface area contributed by atoms with Crippen molar-refractivity contribution >= 4 is 11.0 Å². The molecule has 17 heteroatoms. The standard InChI is InChI=1S/C28H32O17/c1-40-13-4-9(2-3-11(13)31)25-26(45-28-24(39)22(37)19(34)16(8-30)44-28)20(35)17-12(32)5-10(6-14(17)42-25)41-27-23(38)21(36)18(33)15(7-29)43-27/h2-6,15-16,18-19,21-24,27-34,36-39H,7-8H2,1H3/t15?,16?,18-,19+,21+,22?,23?,24?,27-,28-/m1/s1. The van der Waals surface area contributed by atoms with Crippen molar-refractivity contribution in [3.63, 3.8) is 0 Å². The third-order valence-electron chi connectivity index (χ3n) is 7.53. The first kappa shape index (κ1) is 32.6. The van der Waals surface area contributed by atoms with Crippen molar-refractivity contribution in [1.29, 1.82) is 0 Å². The van der Waals surface area contributed by atoms with E-state index in [1.165, 1.54) is 25.3 Å². The predicted octanol–water partition coefficient (Wildman–Crippen LogP) is -2.76. The average Bonchev–Trinajstić information content (AvgIpc) is 3.02. The third kappa shape index (κ3) is 5.98. The molecule has 2 saturated heterocycles. The Labute approximate surface area is 252 Å². The number of fused-ring (bicyclic) bond motifs is 1. The minimum atomic E-state index is -1.91. The Hall–Kier alpha value is -3.75. The van der Waals surface area contributed by atoms with E-state index in [0.29, 0.717) is 0 Å². The van der Waals surface area contributed by atoms with Gasteiger partial charge in [0.2, 0.25) is 23.8 Å². The summed E-state index contributed by atoms with van der Waals surface area (Å²) in [5.41, 5.74) is -1.27. The predicted molar refractivity (Wildman–Crippen MR) is 147 cm³/mol. The van der Waals surface area contributed by atoms with Gasteiger partial charge in [0.25, 0.3) is 0 Å². The molecule has 0 aliphatic carbocycles. The number of phenolic OH excluding ortho intramolecular Hbond substituents is 2. The first-order valence-electron chi connectivity index (χ1n) is 13.6. The summed E-state index contributed by atoms with van der Waals surface area (Å²) < 4.78 is 33.1. The lowest BCUT2D eigenvalue weighted by Crippen LogP contribution is -2.60. The van der Waals surface area contributed by atoms with Gasteiger partial charge in [-0.05, 0) is 18.2 Å². The Morgan fingerprint density at radius 3 is 1.87 bits per heavy atom. The molecule has 10 atom stereocenters. The largest absolute Gasteiger partial charge is 0.507 e. The zero-order valence-corrected chi connectivity index (χ0v) is 23.4. The lowest BCUT2D eigenvalue weighted by Gasteiger charge is -2.39. The van der Waals surface area contributed by atoms with E-state index in [4.69, 9.17) is 28.1 Å². The normalized spacial score (nSPS) is 31.9. The van der Waals surface area contributed by atoms with Crippen LogP contribution in [-0.4, -0.2) is 133 Å². The summed E-state index contributed by atoms with van der Waals surface area (Å²) in [4.78, 5) is 13.8. The topological polar surface area (TPSA) is 279 Å². The zero-order valence-electron chi connectivity index (χ0n) is 23.4. The smallest absolute Gasteiger partial charge is 0.239 e. The van der Waals surface area contributed by atoms with Crippen LogP contribution in [0.2, 0.25) is 0 Å². The molecular formula is C28H32O17. The van der Waals surface area contributed by atoms with Crippen molar-refractivity contribution in [3.05, 3.63) is 40.6 Å².